The first kappa shape index (κ1) is 5.94. The molecule has 0 unspecified atom stereocenters. The van der Waals surface area contributed by atoms with Crippen molar-refractivity contribution in [2.24, 2.45) is 0 Å². The number of piperidine rings is 1. The van der Waals surface area contributed by atoms with Crippen molar-refractivity contribution in [3.05, 3.63) is 0 Å². The molecule has 1 fully saturated rings. The topological polar surface area (TPSA) is 70.0 Å². The number of carbonyl (C=O) groups is 2. The Bertz CT molecular complexity index is 185. The van der Waals surface area contributed by atoms with Crippen LogP contribution in [0.5, 0.6) is 0 Å². The van der Waals surface area contributed by atoms with Crippen LogP contribution < -0.4 is 5.32 Å². The smallest absolute Gasteiger partial charge is 0.271 e. The maximum atomic E-state index is 10.4. The SMILES string of the molecule is N=C1CCC(=O)NC1=O. The second-order valence-electron chi connectivity index (χ2n) is 1.86. The first-order valence-electron chi connectivity index (χ1n) is 2.62. The fourth-order valence-corrected chi connectivity index (χ4v) is 0.617. The average molecular weight is 126 g/mol. The summed E-state index contributed by atoms with van der Waals surface area (Å²) in [6.07, 6.45) is 0.551. The van der Waals surface area contributed by atoms with Gasteiger partial charge in [0.25, 0.3) is 5.91 Å². The highest BCUT2D eigenvalue weighted by atomic mass is 16.2. The molecule has 2 N–H and O–H groups in total. The lowest BCUT2D eigenvalue weighted by Gasteiger charge is -2.09. The van der Waals surface area contributed by atoms with Gasteiger partial charge in [0.2, 0.25) is 5.91 Å². The van der Waals surface area contributed by atoms with Gasteiger partial charge in [0.1, 0.15) is 0 Å². The van der Waals surface area contributed by atoms with Crippen LogP contribution in [0.4, 0.5) is 0 Å². The zero-order valence-electron chi connectivity index (χ0n) is 4.73. The van der Waals surface area contributed by atoms with Gasteiger partial charge in [-0.15, -0.1) is 0 Å². The molecular weight excluding hydrogens is 120 g/mol. The molecule has 1 heterocycles. The summed E-state index contributed by atoms with van der Waals surface area (Å²) in [5.41, 5.74) is -0.00500. The van der Waals surface area contributed by atoms with Crippen LogP contribution in [-0.4, -0.2) is 17.5 Å². The zero-order valence-corrected chi connectivity index (χ0v) is 4.73. The highest BCUT2D eigenvalue weighted by Gasteiger charge is 2.19. The van der Waals surface area contributed by atoms with Gasteiger partial charge in [-0.05, 0) is 0 Å². The fourth-order valence-electron chi connectivity index (χ4n) is 0.617. The van der Waals surface area contributed by atoms with Crippen molar-refractivity contribution < 1.29 is 9.59 Å². The van der Waals surface area contributed by atoms with E-state index in [9.17, 15) is 9.59 Å². The molecule has 4 nitrogen and oxygen atoms in total. The maximum Gasteiger partial charge on any atom is 0.271 e. The molecule has 1 aliphatic heterocycles. The van der Waals surface area contributed by atoms with Crippen molar-refractivity contribution in [3.63, 3.8) is 0 Å². The van der Waals surface area contributed by atoms with Gasteiger partial charge in [0.05, 0.1) is 5.71 Å². The van der Waals surface area contributed by atoms with Gasteiger partial charge in [-0.1, -0.05) is 0 Å². The summed E-state index contributed by atoms with van der Waals surface area (Å²) in [4.78, 5) is 20.8. The summed E-state index contributed by atoms with van der Waals surface area (Å²) in [5, 5.41) is 8.95. The Hall–Kier alpha value is -1.19. The molecule has 0 aliphatic carbocycles. The van der Waals surface area contributed by atoms with Gasteiger partial charge < -0.3 is 0 Å². The van der Waals surface area contributed by atoms with Crippen LogP contribution in [0, 0.1) is 5.41 Å². The maximum absolute atomic E-state index is 10.4. The molecule has 1 saturated heterocycles. The summed E-state index contributed by atoms with van der Waals surface area (Å²) in [7, 11) is 0. The van der Waals surface area contributed by atoms with Gasteiger partial charge in [-0.2, -0.15) is 0 Å². The molecular formula is C5H6N2O2. The van der Waals surface area contributed by atoms with Crippen LogP contribution in [0.3, 0.4) is 0 Å². The predicted molar refractivity (Wildman–Crippen MR) is 30.1 cm³/mol. The Morgan fingerprint density at radius 2 is 2.00 bits per heavy atom. The van der Waals surface area contributed by atoms with Crippen molar-refractivity contribution in [1.29, 1.82) is 5.41 Å². The highest BCUT2D eigenvalue weighted by Crippen LogP contribution is 1.97. The van der Waals surface area contributed by atoms with E-state index >= 15 is 0 Å². The Kier molecular flexibility index (Phi) is 1.30. The van der Waals surface area contributed by atoms with Crippen LogP contribution in [0.25, 0.3) is 0 Å². The Balaban J connectivity index is 2.64. The van der Waals surface area contributed by atoms with E-state index in [0.717, 1.165) is 0 Å². The minimum atomic E-state index is -0.550. The van der Waals surface area contributed by atoms with Gasteiger partial charge in [0, 0.05) is 12.8 Å². The summed E-state index contributed by atoms with van der Waals surface area (Å²) in [5.74, 6) is -0.831. The fraction of sp³-hybridized carbons (Fsp3) is 0.400. The molecule has 1 rings (SSSR count). The number of hydrogen-bond acceptors (Lipinski definition) is 3. The molecule has 0 spiro atoms. The first-order valence-corrected chi connectivity index (χ1v) is 2.62. The molecule has 4 heteroatoms. The van der Waals surface area contributed by atoms with E-state index in [-0.39, 0.29) is 24.5 Å². The van der Waals surface area contributed by atoms with Gasteiger partial charge in [-0.3, -0.25) is 20.3 Å². The second-order valence-corrected chi connectivity index (χ2v) is 1.86. The Morgan fingerprint density at radius 1 is 1.33 bits per heavy atom. The van der Waals surface area contributed by atoms with E-state index in [1.54, 1.807) is 0 Å². The lowest BCUT2D eigenvalue weighted by molar-refractivity contribution is -0.128. The van der Waals surface area contributed by atoms with Crippen LogP contribution in [-0.2, 0) is 9.59 Å². The summed E-state index contributed by atoms with van der Waals surface area (Å²) in [6.45, 7) is 0. The summed E-state index contributed by atoms with van der Waals surface area (Å²) >= 11 is 0. The number of hydrogen-bond donors (Lipinski definition) is 2. The van der Waals surface area contributed by atoms with Crippen molar-refractivity contribution >= 4 is 17.5 Å². The molecule has 2 amide bonds. The number of nitrogens with one attached hydrogen (secondary N) is 2. The minimum Gasteiger partial charge on any atom is -0.300 e. The molecule has 0 radical (unpaired) electrons. The molecule has 0 bridgehead atoms. The normalized spacial score (nSPS) is 19.8. The van der Waals surface area contributed by atoms with Crippen LogP contribution in [0.2, 0.25) is 0 Å². The van der Waals surface area contributed by atoms with Crippen LogP contribution >= 0.6 is 0 Å². The summed E-state index contributed by atoms with van der Waals surface area (Å²) < 4.78 is 0. The minimum absolute atomic E-state index is 0.00500. The lowest BCUT2D eigenvalue weighted by Crippen LogP contribution is -2.40. The molecule has 0 atom stereocenters. The van der Waals surface area contributed by atoms with Crippen molar-refractivity contribution in [2.75, 3.05) is 0 Å². The van der Waals surface area contributed by atoms with E-state index in [4.69, 9.17) is 5.41 Å². The average Bonchev–Trinajstić information content (AvgIpc) is 1.80. The van der Waals surface area contributed by atoms with E-state index in [2.05, 4.69) is 0 Å². The standard InChI is InChI=1S/C5H6N2O2/c6-3-1-2-4(8)7-5(3)9/h6H,1-2H2,(H,7,8,9). The number of carbonyl (C=O) groups excluding carboxylic acids is 2. The number of imide groups is 1. The van der Waals surface area contributed by atoms with Crippen LogP contribution in [0.15, 0.2) is 0 Å². The second kappa shape index (κ2) is 1.97. The number of amides is 2. The van der Waals surface area contributed by atoms with E-state index in [0.29, 0.717) is 0 Å². The van der Waals surface area contributed by atoms with E-state index < -0.39 is 5.91 Å². The zero-order chi connectivity index (χ0) is 6.85. The van der Waals surface area contributed by atoms with Crippen molar-refractivity contribution in [2.45, 2.75) is 12.8 Å². The van der Waals surface area contributed by atoms with Crippen LogP contribution in [0.1, 0.15) is 12.8 Å². The highest BCUT2D eigenvalue weighted by molar-refractivity contribution is 6.41. The molecule has 0 aromatic heterocycles. The van der Waals surface area contributed by atoms with Gasteiger partial charge in [0.15, 0.2) is 0 Å². The van der Waals surface area contributed by atoms with Gasteiger partial charge >= 0.3 is 0 Å². The Morgan fingerprint density at radius 3 is 2.44 bits per heavy atom. The quantitative estimate of drug-likeness (QED) is 0.427. The van der Waals surface area contributed by atoms with Crippen molar-refractivity contribution in [1.82, 2.24) is 5.32 Å². The molecule has 48 valence electrons. The molecule has 1 aliphatic rings. The Labute approximate surface area is 51.8 Å². The number of rotatable bonds is 0. The molecule has 0 aromatic carbocycles. The van der Waals surface area contributed by atoms with E-state index in [1.807, 2.05) is 5.32 Å². The van der Waals surface area contributed by atoms with Crippen molar-refractivity contribution in [3.8, 4) is 0 Å². The third kappa shape index (κ3) is 1.13. The third-order valence-corrected chi connectivity index (χ3v) is 1.13. The lowest BCUT2D eigenvalue weighted by atomic mass is 10.1. The van der Waals surface area contributed by atoms with Gasteiger partial charge in [-0.25, -0.2) is 0 Å². The molecule has 0 aromatic rings. The summed E-state index contributed by atoms with van der Waals surface area (Å²) in [6, 6.07) is 0. The molecule has 0 saturated carbocycles. The molecule has 9 heavy (non-hydrogen) atoms. The predicted octanol–water partition coefficient (Wildman–Crippen LogP) is -0.557. The largest absolute Gasteiger partial charge is 0.300 e. The van der Waals surface area contributed by atoms with E-state index in [1.165, 1.54) is 0 Å². The monoisotopic (exact) mass is 126 g/mol. The third-order valence-electron chi connectivity index (χ3n) is 1.13. The first-order chi connectivity index (χ1) is 4.20.